The minimum absolute atomic E-state index is 0.0926. The Morgan fingerprint density at radius 2 is 1.84 bits per heavy atom. The average Bonchev–Trinajstić information content (AvgIpc) is 3.57. The van der Waals surface area contributed by atoms with Crippen molar-refractivity contribution in [2.75, 3.05) is 13.9 Å². The fourth-order valence-electron chi connectivity index (χ4n) is 5.28. The number of pyridine rings is 1. The molecule has 192 valence electrons. The van der Waals surface area contributed by atoms with Crippen LogP contribution in [0.5, 0.6) is 17.2 Å². The number of nitrogens with zero attached hydrogens (tertiary/aromatic N) is 5. The van der Waals surface area contributed by atoms with E-state index in [1.807, 2.05) is 47.1 Å². The highest BCUT2D eigenvalue weighted by Crippen LogP contribution is 2.35. The smallest absolute Gasteiger partial charge is 0.252 e. The highest BCUT2D eigenvalue weighted by Gasteiger charge is 2.25. The zero-order valence-corrected chi connectivity index (χ0v) is 20.9. The Bertz CT molecular complexity index is 1440. The Hall–Kier alpha value is -3.92. The first-order chi connectivity index (χ1) is 18.2. The summed E-state index contributed by atoms with van der Waals surface area (Å²) >= 11 is 0. The number of hydrogen-bond acceptors (Lipinski definition) is 8. The van der Waals surface area contributed by atoms with Crippen LogP contribution in [0.2, 0.25) is 0 Å². The Morgan fingerprint density at radius 3 is 2.62 bits per heavy atom. The summed E-state index contributed by atoms with van der Waals surface area (Å²) in [5, 5.41) is 13.5. The molecule has 1 N–H and O–H groups in total. The highest BCUT2D eigenvalue weighted by molar-refractivity contribution is 5.83. The molecule has 0 amide bonds. The van der Waals surface area contributed by atoms with Gasteiger partial charge in [0, 0.05) is 29.6 Å². The number of fused-ring (bicyclic) bond motifs is 2. The SMILES string of the molecule is COc1ccc(Cn2nnnc2CN(Cc2cc3cc4c(cc3[nH]c2=O)OCO4)C2CCCCC2)cc1. The molecule has 1 aliphatic carbocycles. The summed E-state index contributed by atoms with van der Waals surface area (Å²) in [5.74, 6) is 2.95. The second-order valence-electron chi connectivity index (χ2n) is 9.71. The summed E-state index contributed by atoms with van der Waals surface area (Å²) in [7, 11) is 1.66. The molecule has 0 spiro atoms. The molecule has 1 saturated carbocycles. The number of H-pyrrole nitrogens is 1. The maximum Gasteiger partial charge on any atom is 0.252 e. The van der Waals surface area contributed by atoms with Crippen molar-refractivity contribution in [3.63, 3.8) is 0 Å². The van der Waals surface area contributed by atoms with Crippen LogP contribution in [0.1, 0.15) is 49.1 Å². The first kappa shape index (κ1) is 23.5. The van der Waals surface area contributed by atoms with E-state index in [0.717, 1.165) is 40.9 Å². The molecule has 0 saturated heterocycles. The number of benzene rings is 2. The number of ether oxygens (including phenoxy) is 3. The van der Waals surface area contributed by atoms with E-state index in [9.17, 15) is 4.79 Å². The number of tetrazole rings is 1. The summed E-state index contributed by atoms with van der Waals surface area (Å²) in [5.41, 5.74) is 2.45. The van der Waals surface area contributed by atoms with E-state index in [4.69, 9.17) is 14.2 Å². The largest absolute Gasteiger partial charge is 0.497 e. The Labute approximate surface area is 214 Å². The van der Waals surface area contributed by atoms with Gasteiger partial charge in [0.1, 0.15) is 5.75 Å². The van der Waals surface area contributed by atoms with Crippen LogP contribution in [0, 0.1) is 0 Å². The van der Waals surface area contributed by atoms with Crippen molar-refractivity contribution in [3.8, 4) is 17.2 Å². The lowest BCUT2D eigenvalue weighted by Gasteiger charge is -2.33. The number of hydrogen-bond donors (Lipinski definition) is 1. The topological polar surface area (TPSA) is 107 Å². The third-order valence-corrected chi connectivity index (χ3v) is 7.32. The van der Waals surface area contributed by atoms with E-state index >= 15 is 0 Å². The molecule has 4 aromatic rings. The average molecular weight is 503 g/mol. The molecule has 10 heteroatoms. The Balaban J connectivity index is 1.27. The van der Waals surface area contributed by atoms with Gasteiger partial charge in [-0.2, -0.15) is 0 Å². The summed E-state index contributed by atoms with van der Waals surface area (Å²) in [6, 6.07) is 14.0. The van der Waals surface area contributed by atoms with Crippen LogP contribution in [0.15, 0.2) is 47.3 Å². The van der Waals surface area contributed by atoms with E-state index in [-0.39, 0.29) is 12.4 Å². The van der Waals surface area contributed by atoms with Crippen LogP contribution in [-0.4, -0.2) is 50.0 Å². The van der Waals surface area contributed by atoms with Gasteiger partial charge in [0.25, 0.3) is 5.56 Å². The molecule has 10 nitrogen and oxygen atoms in total. The third-order valence-electron chi connectivity index (χ3n) is 7.32. The summed E-state index contributed by atoms with van der Waals surface area (Å²) in [6.07, 6.45) is 5.84. The molecule has 37 heavy (non-hydrogen) atoms. The van der Waals surface area contributed by atoms with Gasteiger partial charge in [-0.1, -0.05) is 31.4 Å². The number of aromatic amines is 1. The molecule has 0 bridgehead atoms. The first-order valence-electron chi connectivity index (χ1n) is 12.7. The lowest BCUT2D eigenvalue weighted by Crippen LogP contribution is -2.38. The van der Waals surface area contributed by atoms with Gasteiger partial charge in [-0.3, -0.25) is 9.69 Å². The molecule has 2 aromatic heterocycles. The van der Waals surface area contributed by atoms with Gasteiger partial charge in [0.05, 0.1) is 25.7 Å². The zero-order valence-electron chi connectivity index (χ0n) is 20.9. The lowest BCUT2D eigenvalue weighted by molar-refractivity contribution is 0.134. The molecule has 1 aliphatic heterocycles. The Morgan fingerprint density at radius 1 is 1.05 bits per heavy atom. The minimum Gasteiger partial charge on any atom is -0.497 e. The fraction of sp³-hybridized carbons (Fsp3) is 0.407. The second-order valence-corrected chi connectivity index (χ2v) is 9.71. The van der Waals surface area contributed by atoms with Crippen molar-refractivity contribution >= 4 is 10.9 Å². The fourth-order valence-corrected chi connectivity index (χ4v) is 5.28. The van der Waals surface area contributed by atoms with Crippen LogP contribution in [0.4, 0.5) is 0 Å². The molecule has 0 unspecified atom stereocenters. The van der Waals surface area contributed by atoms with Crippen LogP contribution in [0.25, 0.3) is 10.9 Å². The second kappa shape index (κ2) is 10.2. The number of rotatable bonds is 8. The van der Waals surface area contributed by atoms with Gasteiger partial charge < -0.3 is 19.2 Å². The van der Waals surface area contributed by atoms with Gasteiger partial charge in [0.15, 0.2) is 17.3 Å². The predicted molar refractivity (Wildman–Crippen MR) is 137 cm³/mol. The van der Waals surface area contributed by atoms with E-state index in [1.54, 1.807) is 7.11 Å². The van der Waals surface area contributed by atoms with Crippen molar-refractivity contribution < 1.29 is 14.2 Å². The first-order valence-corrected chi connectivity index (χ1v) is 12.7. The van der Waals surface area contributed by atoms with Crippen molar-refractivity contribution in [2.45, 2.75) is 57.8 Å². The van der Waals surface area contributed by atoms with Gasteiger partial charge in [-0.15, -0.1) is 5.10 Å². The van der Waals surface area contributed by atoms with E-state index < -0.39 is 0 Å². The van der Waals surface area contributed by atoms with Gasteiger partial charge in [0.2, 0.25) is 6.79 Å². The van der Waals surface area contributed by atoms with Crippen LogP contribution in [0.3, 0.4) is 0 Å². The Kier molecular flexibility index (Phi) is 6.48. The number of aromatic nitrogens is 5. The van der Waals surface area contributed by atoms with Gasteiger partial charge in [-0.25, -0.2) is 4.68 Å². The minimum atomic E-state index is -0.0926. The predicted octanol–water partition coefficient (Wildman–Crippen LogP) is 3.64. The maximum atomic E-state index is 13.1. The summed E-state index contributed by atoms with van der Waals surface area (Å²) < 4.78 is 18.1. The molecule has 6 rings (SSSR count). The molecule has 2 aromatic carbocycles. The van der Waals surface area contributed by atoms with Crippen molar-refractivity contribution in [1.29, 1.82) is 0 Å². The molecule has 3 heterocycles. The van der Waals surface area contributed by atoms with Crippen LogP contribution >= 0.6 is 0 Å². The molecule has 0 radical (unpaired) electrons. The van der Waals surface area contributed by atoms with Gasteiger partial charge in [-0.05, 0) is 53.1 Å². The third kappa shape index (κ3) is 5.01. The molecule has 0 atom stereocenters. The number of methoxy groups -OCH3 is 1. The van der Waals surface area contributed by atoms with Crippen molar-refractivity contribution in [2.24, 2.45) is 0 Å². The van der Waals surface area contributed by atoms with Crippen LogP contribution in [-0.2, 0) is 19.6 Å². The van der Waals surface area contributed by atoms with Crippen LogP contribution < -0.4 is 19.8 Å². The summed E-state index contributed by atoms with van der Waals surface area (Å²) in [6.45, 7) is 1.84. The zero-order chi connectivity index (χ0) is 25.2. The standard InChI is InChI=1S/C27H30N6O4/c1-35-22-9-7-18(8-10-22)14-33-26(29-30-31-33)16-32(21-5-3-2-4-6-21)15-20-11-19-12-24-25(37-17-36-24)13-23(19)28-27(20)34/h7-13,21H,2-6,14-17H2,1H3,(H,28,34). The highest BCUT2D eigenvalue weighted by atomic mass is 16.7. The molecule has 2 aliphatic rings. The van der Waals surface area contributed by atoms with E-state index in [2.05, 4.69) is 25.4 Å². The molecule has 1 fully saturated rings. The maximum absolute atomic E-state index is 13.1. The normalized spacial score (nSPS) is 15.5. The summed E-state index contributed by atoms with van der Waals surface area (Å²) in [4.78, 5) is 18.5. The van der Waals surface area contributed by atoms with Crippen molar-refractivity contribution in [3.05, 3.63) is 69.8 Å². The number of nitrogens with one attached hydrogen (secondary N) is 1. The van der Waals surface area contributed by atoms with Crippen molar-refractivity contribution in [1.82, 2.24) is 30.1 Å². The quantitative estimate of drug-likeness (QED) is 0.389. The van der Waals surface area contributed by atoms with E-state index in [0.29, 0.717) is 42.7 Å². The molecular formula is C27H30N6O4. The molecular weight excluding hydrogens is 472 g/mol. The lowest BCUT2D eigenvalue weighted by atomic mass is 9.93. The monoisotopic (exact) mass is 502 g/mol. The van der Waals surface area contributed by atoms with Gasteiger partial charge >= 0.3 is 0 Å². The van der Waals surface area contributed by atoms with E-state index in [1.165, 1.54) is 19.3 Å².